The number of benzene rings is 1. The van der Waals surface area contributed by atoms with Gasteiger partial charge in [0.2, 0.25) is 5.91 Å². The first-order valence-corrected chi connectivity index (χ1v) is 10.5. The second-order valence-electron chi connectivity index (χ2n) is 8.56. The Balaban J connectivity index is 1.47. The van der Waals surface area contributed by atoms with Crippen LogP contribution >= 0.6 is 0 Å². The van der Waals surface area contributed by atoms with E-state index in [1.807, 2.05) is 30.1 Å². The van der Waals surface area contributed by atoms with Crippen LogP contribution in [0.3, 0.4) is 0 Å². The zero-order valence-electron chi connectivity index (χ0n) is 17.1. The number of carbonyl (C=O) groups excluding carboxylic acids is 2. The van der Waals surface area contributed by atoms with Gasteiger partial charge in [-0.3, -0.25) is 14.3 Å². The van der Waals surface area contributed by atoms with E-state index in [4.69, 9.17) is 5.10 Å². The number of rotatable bonds is 4. The number of hydrogen-bond donors (Lipinski definition) is 1. The molecule has 0 saturated heterocycles. The lowest BCUT2D eigenvalue weighted by molar-refractivity contribution is -0.129. The molecule has 3 aliphatic rings. The van der Waals surface area contributed by atoms with Crippen molar-refractivity contribution in [2.75, 3.05) is 25.5 Å². The van der Waals surface area contributed by atoms with Gasteiger partial charge in [-0.15, -0.1) is 0 Å². The third-order valence-corrected chi connectivity index (χ3v) is 6.37. The van der Waals surface area contributed by atoms with Gasteiger partial charge in [0.05, 0.1) is 6.54 Å². The summed E-state index contributed by atoms with van der Waals surface area (Å²) in [6.45, 7) is 4.68. The SMILES string of the molecule is CC(=O)N1CCc2c(c(Nc3ccc4c(c3)C(=O)N(C)CC4)nn2CC2CC2)C1. The van der Waals surface area contributed by atoms with Crippen molar-refractivity contribution >= 4 is 23.3 Å². The Hall–Kier alpha value is -2.83. The molecule has 7 nitrogen and oxygen atoms in total. The normalized spacial score (nSPS) is 18.5. The van der Waals surface area contributed by atoms with Crippen LogP contribution in [-0.4, -0.2) is 51.5 Å². The number of nitrogens with zero attached hydrogens (tertiary/aromatic N) is 4. The minimum absolute atomic E-state index is 0.0685. The van der Waals surface area contributed by atoms with Gasteiger partial charge in [0.15, 0.2) is 5.82 Å². The molecule has 1 aromatic heterocycles. The van der Waals surface area contributed by atoms with E-state index in [1.54, 1.807) is 11.8 Å². The number of hydrogen-bond acceptors (Lipinski definition) is 4. The summed E-state index contributed by atoms with van der Waals surface area (Å²) < 4.78 is 2.14. The van der Waals surface area contributed by atoms with E-state index in [9.17, 15) is 9.59 Å². The first-order valence-electron chi connectivity index (χ1n) is 10.5. The number of likely N-dealkylation sites (N-methyl/N-ethyl adjacent to an activating group) is 1. The van der Waals surface area contributed by atoms with Gasteiger partial charge in [-0.2, -0.15) is 5.10 Å². The first-order chi connectivity index (χ1) is 14.0. The Kier molecular flexibility index (Phi) is 4.33. The number of nitrogens with one attached hydrogen (secondary N) is 1. The van der Waals surface area contributed by atoms with Crippen LogP contribution in [-0.2, 0) is 30.7 Å². The standard InChI is InChI=1S/C22H27N5O2/c1-14(28)26-10-8-20-19(13-26)21(24-27(20)12-15-3-4-15)23-17-6-5-16-7-9-25(2)22(29)18(16)11-17/h5-6,11,15H,3-4,7-10,12-13H2,1-2H3,(H,23,24). The summed E-state index contributed by atoms with van der Waals surface area (Å²) >= 11 is 0. The Labute approximate surface area is 170 Å². The molecule has 1 fully saturated rings. The molecule has 1 N–H and O–H groups in total. The lowest BCUT2D eigenvalue weighted by Gasteiger charge is -2.27. The van der Waals surface area contributed by atoms with Gasteiger partial charge >= 0.3 is 0 Å². The van der Waals surface area contributed by atoms with Crippen molar-refractivity contribution in [1.82, 2.24) is 19.6 Å². The Morgan fingerprint density at radius 2 is 2.07 bits per heavy atom. The van der Waals surface area contributed by atoms with Crippen molar-refractivity contribution < 1.29 is 9.59 Å². The second-order valence-corrected chi connectivity index (χ2v) is 8.56. The predicted molar refractivity (Wildman–Crippen MR) is 110 cm³/mol. The van der Waals surface area contributed by atoms with Crippen LogP contribution in [0.25, 0.3) is 0 Å². The summed E-state index contributed by atoms with van der Waals surface area (Å²) in [5.74, 6) is 1.70. The van der Waals surface area contributed by atoms with Gasteiger partial charge < -0.3 is 15.1 Å². The smallest absolute Gasteiger partial charge is 0.253 e. The van der Waals surface area contributed by atoms with Gasteiger partial charge in [0.25, 0.3) is 5.91 Å². The minimum Gasteiger partial charge on any atom is -0.341 e. The maximum absolute atomic E-state index is 12.5. The van der Waals surface area contributed by atoms with Gasteiger partial charge in [-0.25, -0.2) is 0 Å². The minimum atomic E-state index is 0.0685. The predicted octanol–water partition coefficient (Wildman–Crippen LogP) is 2.57. The molecule has 5 rings (SSSR count). The summed E-state index contributed by atoms with van der Waals surface area (Å²) in [6, 6.07) is 6.00. The molecule has 3 heterocycles. The van der Waals surface area contributed by atoms with E-state index in [-0.39, 0.29) is 11.8 Å². The van der Waals surface area contributed by atoms with Crippen molar-refractivity contribution in [2.24, 2.45) is 5.92 Å². The molecule has 2 amide bonds. The molecule has 0 spiro atoms. The molecular weight excluding hydrogens is 366 g/mol. The first kappa shape index (κ1) is 18.2. The van der Waals surface area contributed by atoms with Crippen LogP contribution in [0.1, 0.15) is 46.9 Å². The van der Waals surface area contributed by atoms with E-state index in [2.05, 4.69) is 10.00 Å². The van der Waals surface area contributed by atoms with Crippen LogP contribution in [0.2, 0.25) is 0 Å². The lowest BCUT2D eigenvalue weighted by Crippen LogP contribution is -2.35. The number of anilines is 2. The maximum Gasteiger partial charge on any atom is 0.253 e. The highest BCUT2D eigenvalue weighted by atomic mass is 16.2. The Morgan fingerprint density at radius 1 is 1.24 bits per heavy atom. The van der Waals surface area contributed by atoms with E-state index in [1.165, 1.54) is 18.5 Å². The summed E-state index contributed by atoms with van der Waals surface area (Å²) in [5.41, 5.74) is 5.08. The van der Waals surface area contributed by atoms with Crippen molar-refractivity contribution in [3.63, 3.8) is 0 Å². The average molecular weight is 393 g/mol. The van der Waals surface area contributed by atoms with Gasteiger partial charge in [-0.1, -0.05) is 6.07 Å². The highest BCUT2D eigenvalue weighted by molar-refractivity contribution is 5.97. The molecule has 2 aromatic rings. The Morgan fingerprint density at radius 3 is 2.83 bits per heavy atom. The van der Waals surface area contributed by atoms with E-state index in [0.717, 1.165) is 66.6 Å². The molecular formula is C22H27N5O2. The molecule has 0 radical (unpaired) electrons. The van der Waals surface area contributed by atoms with Crippen molar-refractivity contribution in [3.05, 3.63) is 40.6 Å². The highest BCUT2D eigenvalue weighted by Crippen LogP contribution is 2.34. The van der Waals surface area contributed by atoms with Crippen LogP contribution < -0.4 is 5.32 Å². The second kappa shape index (κ2) is 6.90. The van der Waals surface area contributed by atoms with E-state index < -0.39 is 0 Å². The lowest BCUT2D eigenvalue weighted by atomic mass is 9.98. The zero-order valence-corrected chi connectivity index (χ0v) is 17.1. The number of fused-ring (bicyclic) bond motifs is 2. The quantitative estimate of drug-likeness (QED) is 0.867. The molecule has 2 aliphatic heterocycles. The molecule has 0 bridgehead atoms. The monoisotopic (exact) mass is 393 g/mol. The van der Waals surface area contributed by atoms with Crippen LogP contribution in [0.15, 0.2) is 18.2 Å². The Bertz CT molecular complexity index is 991. The molecule has 29 heavy (non-hydrogen) atoms. The van der Waals surface area contributed by atoms with Crippen molar-refractivity contribution in [1.29, 1.82) is 0 Å². The van der Waals surface area contributed by atoms with Crippen LogP contribution in [0.4, 0.5) is 11.5 Å². The third kappa shape index (κ3) is 3.39. The van der Waals surface area contributed by atoms with Crippen molar-refractivity contribution in [2.45, 2.75) is 45.7 Å². The average Bonchev–Trinajstić information content (AvgIpc) is 3.47. The molecule has 1 aromatic carbocycles. The largest absolute Gasteiger partial charge is 0.341 e. The zero-order chi connectivity index (χ0) is 20.1. The van der Waals surface area contributed by atoms with Crippen molar-refractivity contribution in [3.8, 4) is 0 Å². The molecule has 1 aliphatic carbocycles. The summed E-state index contributed by atoms with van der Waals surface area (Å²) in [4.78, 5) is 28.1. The fourth-order valence-electron chi connectivity index (χ4n) is 4.36. The van der Waals surface area contributed by atoms with Gasteiger partial charge in [0.1, 0.15) is 0 Å². The number of carbonyl (C=O) groups is 2. The molecule has 1 saturated carbocycles. The molecule has 152 valence electrons. The van der Waals surface area contributed by atoms with E-state index >= 15 is 0 Å². The molecule has 0 unspecified atom stereocenters. The highest BCUT2D eigenvalue weighted by Gasteiger charge is 2.30. The number of amides is 2. The van der Waals surface area contributed by atoms with E-state index in [0.29, 0.717) is 6.54 Å². The summed E-state index contributed by atoms with van der Waals surface area (Å²) in [7, 11) is 1.84. The van der Waals surface area contributed by atoms with Crippen LogP contribution in [0.5, 0.6) is 0 Å². The van der Waals surface area contributed by atoms with Gasteiger partial charge in [-0.05, 0) is 42.9 Å². The summed E-state index contributed by atoms with van der Waals surface area (Å²) in [6.07, 6.45) is 4.27. The van der Waals surface area contributed by atoms with Gasteiger partial charge in [0, 0.05) is 62.5 Å². The molecule has 0 atom stereocenters. The fourth-order valence-corrected chi connectivity index (χ4v) is 4.36. The number of aromatic nitrogens is 2. The summed E-state index contributed by atoms with van der Waals surface area (Å²) in [5, 5.41) is 8.33. The topological polar surface area (TPSA) is 70.5 Å². The third-order valence-electron chi connectivity index (χ3n) is 6.37. The van der Waals surface area contributed by atoms with Crippen LogP contribution in [0, 0.1) is 5.92 Å². The maximum atomic E-state index is 12.5. The molecule has 7 heteroatoms. The fraction of sp³-hybridized carbons (Fsp3) is 0.500.